The van der Waals surface area contributed by atoms with Gasteiger partial charge in [0.05, 0.1) is 0 Å². The molecule has 6 aromatic carbocycles. The van der Waals surface area contributed by atoms with Crippen molar-refractivity contribution in [1.29, 1.82) is 0 Å². The van der Waals surface area contributed by atoms with Crippen molar-refractivity contribution in [2.75, 3.05) is 0 Å². The van der Waals surface area contributed by atoms with E-state index < -0.39 is 0 Å². The molecular weight excluding hydrogens is 562 g/mol. The minimum atomic E-state index is 0.642. The van der Waals surface area contributed by atoms with E-state index in [1.165, 1.54) is 21.9 Å². The number of aromatic nitrogens is 5. The second-order valence-electron chi connectivity index (χ2n) is 11.0. The van der Waals surface area contributed by atoms with Crippen LogP contribution in [0.3, 0.4) is 0 Å². The van der Waals surface area contributed by atoms with Crippen LogP contribution in [0.2, 0.25) is 0 Å². The maximum absolute atomic E-state index is 4.89. The van der Waals surface area contributed by atoms with Crippen molar-refractivity contribution in [1.82, 2.24) is 24.9 Å². The summed E-state index contributed by atoms with van der Waals surface area (Å²) in [6.07, 6.45) is 3.53. The van der Waals surface area contributed by atoms with E-state index in [-0.39, 0.29) is 0 Å². The first-order valence-corrected chi connectivity index (χ1v) is 15.2. The minimum Gasteiger partial charge on any atom is -0.237 e. The molecule has 0 N–H and O–H groups in total. The van der Waals surface area contributed by atoms with Gasteiger partial charge in [-0.25, -0.2) is 24.9 Å². The Morgan fingerprint density at radius 2 is 0.630 bits per heavy atom. The normalized spacial score (nSPS) is 11.0. The molecule has 0 saturated heterocycles. The molecule has 0 aliphatic rings. The molecule has 5 nitrogen and oxygen atoms in total. The molecule has 2 heterocycles. The Morgan fingerprint density at radius 1 is 0.261 bits per heavy atom. The highest BCUT2D eigenvalue weighted by molar-refractivity contribution is 6.04. The van der Waals surface area contributed by atoms with Gasteiger partial charge in [-0.15, -0.1) is 0 Å². The standard InChI is InChI=1S/C41H27N5/c1-3-10-30(11-4-1)39-44-40(31-12-5-2-6-13-31)46-41(45-39)33-24-20-29(21-25-33)35-15-8-16-36-34(14-7-17-37(35)36)28-18-22-32(23-19-28)38-42-26-9-27-43-38/h1-27H. The van der Waals surface area contributed by atoms with E-state index in [0.29, 0.717) is 17.5 Å². The third-order valence-electron chi connectivity index (χ3n) is 8.10. The lowest BCUT2D eigenvalue weighted by molar-refractivity contribution is 1.07. The van der Waals surface area contributed by atoms with Crippen LogP contribution in [0.15, 0.2) is 164 Å². The molecule has 0 saturated carbocycles. The fourth-order valence-corrected chi connectivity index (χ4v) is 5.80. The third-order valence-corrected chi connectivity index (χ3v) is 8.10. The highest BCUT2D eigenvalue weighted by Crippen LogP contribution is 2.36. The third kappa shape index (κ3) is 5.31. The lowest BCUT2D eigenvalue weighted by Gasteiger charge is -2.12. The maximum Gasteiger partial charge on any atom is 0.164 e. The van der Waals surface area contributed by atoms with E-state index in [1.54, 1.807) is 12.4 Å². The highest BCUT2D eigenvalue weighted by Gasteiger charge is 2.14. The molecule has 0 atom stereocenters. The summed E-state index contributed by atoms with van der Waals surface area (Å²) >= 11 is 0. The second kappa shape index (κ2) is 12.0. The number of hydrogen-bond acceptors (Lipinski definition) is 5. The quantitative estimate of drug-likeness (QED) is 0.193. The molecule has 216 valence electrons. The van der Waals surface area contributed by atoms with Gasteiger partial charge in [-0.05, 0) is 39.1 Å². The molecule has 0 fully saturated rings. The highest BCUT2D eigenvalue weighted by atomic mass is 15.0. The van der Waals surface area contributed by atoms with E-state index >= 15 is 0 Å². The van der Waals surface area contributed by atoms with Crippen molar-refractivity contribution >= 4 is 10.8 Å². The van der Waals surface area contributed by atoms with Gasteiger partial charge >= 0.3 is 0 Å². The maximum atomic E-state index is 4.89. The monoisotopic (exact) mass is 589 g/mol. The average Bonchev–Trinajstić information content (AvgIpc) is 3.15. The van der Waals surface area contributed by atoms with E-state index in [1.807, 2.05) is 66.7 Å². The first-order chi connectivity index (χ1) is 22.8. The number of hydrogen-bond donors (Lipinski definition) is 0. The molecule has 8 aromatic rings. The molecule has 0 radical (unpaired) electrons. The topological polar surface area (TPSA) is 64.5 Å². The van der Waals surface area contributed by atoms with Gasteiger partial charge in [0.1, 0.15) is 0 Å². The number of nitrogens with zero attached hydrogens (tertiary/aromatic N) is 5. The Morgan fingerprint density at radius 3 is 1.07 bits per heavy atom. The smallest absolute Gasteiger partial charge is 0.164 e. The predicted octanol–water partition coefficient (Wildman–Crippen LogP) is 9.82. The summed E-state index contributed by atoms with van der Waals surface area (Å²) in [4.78, 5) is 23.4. The molecular formula is C41H27N5. The van der Waals surface area contributed by atoms with Gasteiger partial charge in [0.2, 0.25) is 0 Å². The Balaban J connectivity index is 1.16. The first kappa shape index (κ1) is 27.2. The van der Waals surface area contributed by atoms with Gasteiger partial charge in [-0.3, -0.25) is 0 Å². The van der Waals surface area contributed by atoms with Crippen LogP contribution in [0.4, 0.5) is 0 Å². The Kier molecular flexibility index (Phi) is 7.09. The van der Waals surface area contributed by atoms with Crippen molar-refractivity contribution in [3.63, 3.8) is 0 Å². The summed E-state index contributed by atoms with van der Waals surface area (Å²) in [5, 5.41) is 2.39. The number of benzene rings is 6. The summed E-state index contributed by atoms with van der Waals surface area (Å²) < 4.78 is 0. The largest absolute Gasteiger partial charge is 0.237 e. The van der Waals surface area contributed by atoms with Crippen LogP contribution in [-0.2, 0) is 0 Å². The lowest BCUT2D eigenvalue weighted by atomic mass is 9.92. The number of fused-ring (bicyclic) bond motifs is 1. The van der Waals surface area contributed by atoms with Crippen LogP contribution < -0.4 is 0 Å². The van der Waals surface area contributed by atoms with Crippen molar-refractivity contribution in [3.05, 3.63) is 164 Å². The fourth-order valence-electron chi connectivity index (χ4n) is 5.80. The van der Waals surface area contributed by atoms with Crippen molar-refractivity contribution in [2.45, 2.75) is 0 Å². The van der Waals surface area contributed by atoms with Gasteiger partial charge in [-0.1, -0.05) is 146 Å². The van der Waals surface area contributed by atoms with Crippen molar-refractivity contribution in [3.8, 4) is 67.8 Å². The van der Waals surface area contributed by atoms with Crippen LogP contribution in [0.25, 0.3) is 78.6 Å². The van der Waals surface area contributed by atoms with Crippen molar-refractivity contribution < 1.29 is 0 Å². The van der Waals surface area contributed by atoms with Crippen LogP contribution >= 0.6 is 0 Å². The lowest BCUT2D eigenvalue weighted by Crippen LogP contribution is -2.00. The van der Waals surface area contributed by atoms with E-state index in [9.17, 15) is 0 Å². The first-order valence-electron chi connectivity index (χ1n) is 15.2. The summed E-state index contributed by atoms with van der Waals surface area (Å²) in [5.41, 5.74) is 8.47. The van der Waals surface area contributed by atoms with Crippen molar-refractivity contribution in [2.24, 2.45) is 0 Å². The fraction of sp³-hybridized carbons (Fsp3) is 0. The zero-order valence-corrected chi connectivity index (χ0v) is 24.8. The van der Waals surface area contributed by atoms with E-state index in [4.69, 9.17) is 15.0 Å². The molecule has 8 rings (SSSR count). The van der Waals surface area contributed by atoms with E-state index in [2.05, 4.69) is 94.9 Å². The minimum absolute atomic E-state index is 0.642. The summed E-state index contributed by atoms with van der Waals surface area (Å²) in [6, 6.07) is 51.9. The van der Waals surface area contributed by atoms with Crippen LogP contribution in [-0.4, -0.2) is 24.9 Å². The average molecular weight is 590 g/mol. The zero-order chi connectivity index (χ0) is 30.7. The second-order valence-corrected chi connectivity index (χ2v) is 11.0. The van der Waals surface area contributed by atoms with E-state index in [0.717, 1.165) is 39.2 Å². The van der Waals surface area contributed by atoms with Gasteiger partial charge in [0.25, 0.3) is 0 Å². The molecule has 0 aliphatic heterocycles. The Bertz CT molecular complexity index is 2210. The zero-order valence-electron chi connectivity index (χ0n) is 24.8. The van der Waals surface area contributed by atoms with Gasteiger partial charge in [0, 0.05) is 34.6 Å². The molecule has 0 spiro atoms. The molecule has 46 heavy (non-hydrogen) atoms. The summed E-state index contributed by atoms with van der Waals surface area (Å²) in [6.45, 7) is 0. The van der Waals surface area contributed by atoms with Gasteiger partial charge in [-0.2, -0.15) is 0 Å². The molecule has 0 aliphatic carbocycles. The molecule has 5 heteroatoms. The molecule has 0 bridgehead atoms. The molecule has 0 unspecified atom stereocenters. The van der Waals surface area contributed by atoms with Gasteiger partial charge < -0.3 is 0 Å². The van der Waals surface area contributed by atoms with Crippen LogP contribution in [0, 0.1) is 0 Å². The van der Waals surface area contributed by atoms with Crippen LogP contribution in [0.1, 0.15) is 0 Å². The Labute approximate surface area is 267 Å². The molecule has 2 aromatic heterocycles. The summed E-state index contributed by atoms with van der Waals surface area (Å²) in [5.74, 6) is 2.67. The molecule has 0 amide bonds. The summed E-state index contributed by atoms with van der Waals surface area (Å²) in [7, 11) is 0. The predicted molar refractivity (Wildman–Crippen MR) is 186 cm³/mol. The SMILES string of the molecule is c1ccc(-c2nc(-c3ccccc3)nc(-c3ccc(-c4cccc5c(-c6ccc(-c7ncccn7)cc6)cccc45)cc3)n2)cc1. The number of rotatable bonds is 6. The Hall–Kier alpha value is -6.33. The van der Waals surface area contributed by atoms with Crippen LogP contribution in [0.5, 0.6) is 0 Å². The van der Waals surface area contributed by atoms with Gasteiger partial charge in [0.15, 0.2) is 23.3 Å².